The van der Waals surface area contributed by atoms with Gasteiger partial charge in [-0.2, -0.15) is 0 Å². The van der Waals surface area contributed by atoms with E-state index in [-0.39, 0.29) is 28.6 Å². The summed E-state index contributed by atoms with van der Waals surface area (Å²) in [5.41, 5.74) is 3.90. The number of pyridine rings is 2. The van der Waals surface area contributed by atoms with Crippen molar-refractivity contribution in [3.05, 3.63) is 76.2 Å². The Morgan fingerprint density at radius 1 is 0.735 bits per heavy atom. The Morgan fingerprint density at radius 3 is 2.24 bits per heavy atom. The smallest absolute Gasteiger partial charge is 0.273 e. The average Bonchev–Trinajstić information content (AvgIpc) is 3.14. The van der Waals surface area contributed by atoms with E-state index in [1.165, 1.54) is 12.1 Å². The number of hydrogen-bond acceptors (Lipinski definition) is 5. The van der Waals surface area contributed by atoms with E-state index in [1.54, 1.807) is 42.6 Å². The Balaban J connectivity index is 1.97. The molecular weight excluding hydrogens is 432 g/mol. The number of nitrogens with zero attached hydrogens (tertiary/aromatic N) is 1. The van der Waals surface area contributed by atoms with Crippen LogP contribution in [0.15, 0.2) is 59.5 Å². The van der Waals surface area contributed by atoms with E-state index in [1.807, 2.05) is 18.2 Å². The summed E-state index contributed by atoms with van der Waals surface area (Å²) in [7, 11) is 0. The second-order valence-corrected chi connectivity index (χ2v) is 8.70. The highest BCUT2D eigenvalue weighted by Crippen LogP contribution is 2.44. The van der Waals surface area contributed by atoms with Gasteiger partial charge in [-0.1, -0.05) is 12.1 Å². The molecule has 0 atom stereocenters. The summed E-state index contributed by atoms with van der Waals surface area (Å²) in [4.78, 5) is 16.1. The lowest BCUT2D eigenvalue weighted by atomic mass is 9.96. The maximum Gasteiger partial charge on any atom is 0.273 e. The van der Waals surface area contributed by atoms with Gasteiger partial charge in [-0.15, -0.1) is 0 Å². The van der Waals surface area contributed by atoms with Crippen molar-refractivity contribution in [3.63, 3.8) is 0 Å². The first kappa shape index (κ1) is 20.0. The van der Waals surface area contributed by atoms with Gasteiger partial charge in [0.2, 0.25) is 0 Å². The predicted molar refractivity (Wildman–Crippen MR) is 132 cm³/mol. The largest absolute Gasteiger partial charge is 0.508 e. The molecule has 0 radical (unpaired) electrons. The van der Waals surface area contributed by atoms with Crippen molar-refractivity contribution in [2.24, 2.45) is 0 Å². The van der Waals surface area contributed by atoms with E-state index in [0.717, 1.165) is 16.3 Å². The number of hydrogen-bond donors (Lipinski definition) is 5. The van der Waals surface area contributed by atoms with Gasteiger partial charge in [-0.05, 0) is 66.3 Å². The van der Waals surface area contributed by atoms with Gasteiger partial charge in [0.05, 0.1) is 11.0 Å². The van der Waals surface area contributed by atoms with E-state index in [0.29, 0.717) is 44.1 Å². The molecule has 3 aromatic carbocycles. The number of phenolic OH excluding ortho intramolecular Hbond substituents is 4. The summed E-state index contributed by atoms with van der Waals surface area (Å²) in [6, 6.07) is 13.5. The molecule has 3 aromatic heterocycles. The second kappa shape index (κ2) is 6.68. The third-order valence-corrected chi connectivity index (χ3v) is 6.58. The Kier molecular flexibility index (Phi) is 3.93. The summed E-state index contributed by atoms with van der Waals surface area (Å²) in [5, 5.41) is 43.8. The maximum atomic E-state index is 13.3. The Morgan fingerprint density at radius 2 is 1.47 bits per heavy atom. The molecule has 168 valence electrons. The van der Waals surface area contributed by atoms with Crippen LogP contribution in [-0.2, 0) is 0 Å². The number of nitrogens with one attached hydrogen (secondary N) is 1. The van der Waals surface area contributed by atoms with Crippen molar-refractivity contribution in [1.29, 1.82) is 0 Å². The molecule has 0 aliphatic carbocycles. The predicted octanol–water partition coefficient (Wildman–Crippen LogP) is 5.19. The molecule has 0 spiro atoms. The van der Waals surface area contributed by atoms with Crippen LogP contribution >= 0.6 is 0 Å². The zero-order valence-corrected chi connectivity index (χ0v) is 18.3. The Labute approximate surface area is 192 Å². The normalized spacial score (nSPS) is 11.8. The number of fused-ring (bicyclic) bond motifs is 7. The van der Waals surface area contributed by atoms with Crippen molar-refractivity contribution in [2.45, 2.75) is 13.8 Å². The van der Waals surface area contributed by atoms with Crippen molar-refractivity contribution < 1.29 is 20.4 Å². The number of aromatic hydroxyl groups is 4. The average molecular weight is 452 g/mol. The summed E-state index contributed by atoms with van der Waals surface area (Å²) in [5.74, 6) is -0.350. The van der Waals surface area contributed by atoms with Crippen LogP contribution in [0, 0.1) is 13.8 Å². The first-order valence-corrected chi connectivity index (χ1v) is 10.7. The molecule has 0 aliphatic heterocycles. The lowest BCUT2D eigenvalue weighted by Crippen LogP contribution is -2.08. The number of benzene rings is 3. The second-order valence-electron chi connectivity index (χ2n) is 8.70. The third-order valence-electron chi connectivity index (χ3n) is 6.58. The quantitative estimate of drug-likeness (QED) is 0.220. The van der Waals surface area contributed by atoms with Gasteiger partial charge in [-0.3, -0.25) is 4.79 Å². The van der Waals surface area contributed by atoms with Gasteiger partial charge in [-0.25, -0.2) is 0 Å². The van der Waals surface area contributed by atoms with Gasteiger partial charge in [0.1, 0.15) is 17.0 Å². The van der Waals surface area contributed by atoms with Crippen LogP contribution in [0.1, 0.15) is 11.1 Å². The van der Waals surface area contributed by atoms with Gasteiger partial charge >= 0.3 is 0 Å². The monoisotopic (exact) mass is 452 g/mol. The molecule has 5 N–H and O–H groups in total. The Hall–Kier alpha value is -4.65. The van der Waals surface area contributed by atoms with E-state index < -0.39 is 0 Å². The van der Waals surface area contributed by atoms with Crippen molar-refractivity contribution in [1.82, 2.24) is 9.38 Å². The topological polar surface area (TPSA) is 118 Å². The molecule has 0 aliphatic rings. The minimum Gasteiger partial charge on any atom is -0.508 e. The fourth-order valence-electron chi connectivity index (χ4n) is 4.81. The summed E-state index contributed by atoms with van der Waals surface area (Å²) in [6.07, 6.45) is 1.77. The van der Waals surface area contributed by atoms with Crippen molar-refractivity contribution >= 4 is 38.1 Å². The molecule has 3 heterocycles. The van der Waals surface area contributed by atoms with Crippen LogP contribution in [-0.4, -0.2) is 29.8 Å². The minimum atomic E-state index is -0.361. The standard InChI is InChI=1S/C27H20N2O5/c1-12-3-4-15(9-19(12)30)23-24-17-10-21(32)22(33)11-18(17)28-27(34)26(24)29-6-5-14-8-20(31)13(2)7-16(14)25(23)29/h3-11,30-33H,1-2H3,(H,28,34). The van der Waals surface area contributed by atoms with Crippen molar-refractivity contribution in [3.8, 4) is 34.1 Å². The van der Waals surface area contributed by atoms with Gasteiger partial charge in [0.15, 0.2) is 11.5 Å². The minimum absolute atomic E-state index is 0.119. The zero-order valence-electron chi connectivity index (χ0n) is 18.3. The summed E-state index contributed by atoms with van der Waals surface area (Å²) >= 11 is 0. The van der Waals surface area contributed by atoms with Crippen LogP contribution in [0.4, 0.5) is 0 Å². The molecule has 0 fully saturated rings. The number of H-pyrrole nitrogens is 1. The molecule has 0 bridgehead atoms. The number of phenols is 4. The molecule has 6 rings (SSSR count). The van der Waals surface area contributed by atoms with E-state index >= 15 is 0 Å². The molecule has 7 heteroatoms. The molecule has 0 unspecified atom stereocenters. The van der Waals surface area contributed by atoms with Crippen molar-refractivity contribution in [2.75, 3.05) is 0 Å². The molecule has 0 saturated heterocycles. The molecule has 7 nitrogen and oxygen atoms in total. The third kappa shape index (κ3) is 2.61. The maximum absolute atomic E-state index is 13.3. The number of aryl methyl sites for hydroxylation is 2. The molecule has 0 saturated carbocycles. The number of rotatable bonds is 1. The highest BCUT2D eigenvalue weighted by molar-refractivity contribution is 6.22. The molecular formula is C27H20N2O5. The number of aromatic amines is 1. The first-order valence-electron chi connectivity index (χ1n) is 10.7. The molecule has 0 amide bonds. The van der Waals surface area contributed by atoms with Crippen LogP contribution in [0.5, 0.6) is 23.0 Å². The van der Waals surface area contributed by atoms with E-state index in [2.05, 4.69) is 4.98 Å². The van der Waals surface area contributed by atoms with Crippen LogP contribution in [0.2, 0.25) is 0 Å². The number of aromatic nitrogens is 2. The van der Waals surface area contributed by atoms with Gasteiger partial charge < -0.3 is 29.8 Å². The zero-order chi connectivity index (χ0) is 23.9. The van der Waals surface area contributed by atoms with Crippen LogP contribution in [0.25, 0.3) is 49.2 Å². The highest BCUT2D eigenvalue weighted by atomic mass is 16.3. The fraction of sp³-hybridized carbons (Fsp3) is 0.0741. The van der Waals surface area contributed by atoms with Crippen LogP contribution in [0.3, 0.4) is 0 Å². The highest BCUT2D eigenvalue weighted by Gasteiger charge is 2.22. The van der Waals surface area contributed by atoms with E-state index in [4.69, 9.17) is 0 Å². The van der Waals surface area contributed by atoms with E-state index in [9.17, 15) is 25.2 Å². The summed E-state index contributed by atoms with van der Waals surface area (Å²) in [6.45, 7) is 3.61. The lowest BCUT2D eigenvalue weighted by molar-refractivity contribution is 0.405. The van der Waals surface area contributed by atoms with Gasteiger partial charge in [0, 0.05) is 34.0 Å². The first-order chi connectivity index (χ1) is 16.2. The SMILES string of the molecule is Cc1ccc(-c2c3c4cc(O)c(O)cc4[nH]c(=O)c3n3ccc4cc(O)c(C)cc4c23)cc1O. The van der Waals surface area contributed by atoms with Gasteiger partial charge in [0.25, 0.3) is 5.56 Å². The molecule has 6 aromatic rings. The summed E-state index contributed by atoms with van der Waals surface area (Å²) < 4.78 is 1.79. The van der Waals surface area contributed by atoms with Crippen LogP contribution < -0.4 is 5.56 Å². The molecule has 34 heavy (non-hydrogen) atoms. The Bertz CT molecular complexity index is 1900. The fourth-order valence-corrected chi connectivity index (χ4v) is 4.81. The lowest BCUT2D eigenvalue weighted by Gasteiger charge is -2.10.